The summed E-state index contributed by atoms with van der Waals surface area (Å²) in [5.74, 6) is -1.11. The number of nitrogens with zero attached hydrogens (tertiary/aromatic N) is 2. The van der Waals surface area contributed by atoms with Gasteiger partial charge in [0.1, 0.15) is 0 Å². The van der Waals surface area contributed by atoms with E-state index in [-0.39, 0.29) is 22.8 Å². The zero-order chi connectivity index (χ0) is 21.9. The maximum atomic E-state index is 13.2. The van der Waals surface area contributed by atoms with E-state index >= 15 is 0 Å². The number of hydrogen-bond acceptors (Lipinski definition) is 3. The molecule has 160 valence electrons. The van der Waals surface area contributed by atoms with Gasteiger partial charge in [0, 0.05) is 13.1 Å². The quantitative estimate of drug-likeness (QED) is 0.756. The number of hydrogen-bond donors (Lipinski definition) is 1. The Bertz CT molecular complexity index is 929. The Kier molecular flexibility index (Phi) is 6.52. The number of carboxylic acids is 1. The summed E-state index contributed by atoms with van der Waals surface area (Å²) in [6, 6.07) is 8.02. The number of carboxylic acid groups (broad SMARTS) is 1. The molecule has 2 aromatic carbocycles. The summed E-state index contributed by atoms with van der Waals surface area (Å²) in [5, 5.41) is 9.02. The van der Waals surface area contributed by atoms with Crippen LogP contribution >= 0.6 is 11.6 Å². The molecule has 0 bridgehead atoms. The van der Waals surface area contributed by atoms with Crippen LogP contribution in [0.25, 0.3) is 0 Å². The van der Waals surface area contributed by atoms with Crippen LogP contribution in [0.15, 0.2) is 42.5 Å². The van der Waals surface area contributed by atoms with Crippen molar-refractivity contribution < 1.29 is 32.6 Å². The SMILES string of the molecule is O=C(O)c1ccc(CN(C(=O)N2CCOCC2)c2cc(C(F)(F)F)ccc2Cl)cc1. The van der Waals surface area contributed by atoms with Gasteiger partial charge >= 0.3 is 18.2 Å². The zero-order valence-corrected chi connectivity index (χ0v) is 16.4. The van der Waals surface area contributed by atoms with Crippen molar-refractivity contribution in [3.05, 3.63) is 64.2 Å². The topological polar surface area (TPSA) is 70.1 Å². The highest BCUT2D eigenvalue weighted by molar-refractivity contribution is 6.33. The Balaban J connectivity index is 1.99. The monoisotopic (exact) mass is 442 g/mol. The Labute approximate surface area is 175 Å². The predicted octanol–water partition coefficient (Wildman–Crippen LogP) is 4.52. The van der Waals surface area contributed by atoms with Gasteiger partial charge in [0.25, 0.3) is 0 Å². The summed E-state index contributed by atoms with van der Waals surface area (Å²) >= 11 is 6.17. The van der Waals surface area contributed by atoms with E-state index in [1.165, 1.54) is 34.1 Å². The Hall–Kier alpha value is -2.78. The summed E-state index contributed by atoms with van der Waals surface area (Å²) in [5.41, 5.74) is -0.412. The summed E-state index contributed by atoms with van der Waals surface area (Å²) in [6.07, 6.45) is -4.60. The Morgan fingerprint density at radius 2 is 1.73 bits per heavy atom. The fourth-order valence-electron chi connectivity index (χ4n) is 3.01. The average Bonchev–Trinajstić information content (AvgIpc) is 2.72. The highest BCUT2D eigenvalue weighted by Gasteiger charge is 2.33. The molecule has 1 heterocycles. The van der Waals surface area contributed by atoms with Crippen LogP contribution in [0.1, 0.15) is 21.5 Å². The first-order valence-corrected chi connectivity index (χ1v) is 9.38. The summed E-state index contributed by atoms with van der Waals surface area (Å²) in [4.78, 5) is 26.8. The number of carbonyl (C=O) groups is 2. The summed E-state index contributed by atoms with van der Waals surface area (Å²) in [7, 11) is 0. The number of carbonyl (C=O) groups excluding carboxylic acids is 1. The number of rotatable bonds is 4. The first-order valence-electron chi connectivity index (χ1n) is 9.00. The molecule has 2 aromatic rings. The Morgan fingerprint density at radius 1 is 1.10 bits per heavy atom. The minimum Gasteiger partial charge on any atom is -0.478 e. The van der Waals surface area contributed by atoms with Crippen LogP contribution < -0.4 is 4.90 Å². The molecule has 3 rings (SSSR count). The van der Waals surface area contributed by atoms with Crippen molar-refractivity contribution in [2.45, 2.75) is 12.7 Å². The number of ether oxygens (including phenoxy) is 1. The van der Waals surface area contributed by atoms with Gasteiger partial charge < -0.3 is 14.7 Å². The van der Waals surface area contributed by atoms with E-state index in [1.807, 2.05) is 0 Å². The molecule has 1 aliphatic rings. The van der Waals surface area contributed by atoms with Crippen molar-refractivity contribution in [1.29, 1.82) is 0 Å². The maximum Gasteiger partial charge on any atom is 0.416 e. The van der Waals surface area contributed by atoms with Gasteiger partial charge in [0.2, 0.25) is 0 Å². The molecule has 0 saturated carbocycles. The molecule has 2 amide bonds. The molecular weight excluding hydrogens is 425 g/mol. The van der Waals surface area contributed by atoms with E-state index in [4.69, 9.17) is 21.4 Å². The van der Waals surface area contributed by atoms with Crippen LogP contribution in [-0.2, 0) is 17.5 Å². The van der Waals surface area contributed by atoms with Crippen molar-refractivity contribution >= 4 is 29.3 Å². The number of halogens is 4. The molecule has 0 spiro atoms. The van der Waals surface area contributed by atoms with E-state index in [0.717, 1.165) is 18.2 Å². The third kappa shape index (κ3) is 5.03. The molecule has 30 heavy (non-hydrogen) atoms. The number of aromatic carboxylic acids is 1. The molecule has 1 saturated heterocycles. The first-order chi connectivity index (χ1) is 14.2. The average molecular weight is 443 g/mol. The highest BCUT2D eigenvalue weighted by Crippen LogP contribution is 2.36. The fraction of sp³-hybridized carbons (Fsp3) is 0.300. The number of amides is 2. The summed E-state index contributed by atoms with van der Waals surface area (Å²) in [6.45, 7) is 1.15. The van der Waals surface area contributed by atoms with Crippen molar-refractivity contribution in [2.75, 3.05) is 31.2 Å². The van der Waals surface area contributed by atoms with Crippen LogP contribution in [0.2, 0.25) is 5.02 Å². The van der Waals surface area contributed by atoms with Crippen molar-refractivity contribution in [3.63, 3.8) is 0 Å². The van der Waals surface area contributed by atoms with Crippen LogP contribution in [0.3, 0.4) is 0 Å². The normalized spacial score (nSPS) is 14.5. The molecule has 0 aromatic heterocycles. The van der Waals surface area contributed by atoms with Gasteiger partial charge in [-0.3, -0.25) is 4.90 Å². The lowest BCUT2D eigenvalue weighted by molar-refractivity contribution is -0.137. The molecule has 1 fully saturated rings. The van der Waals surface area contributed by atoms with Crippen LogP contribution in [-0.4, -0.2) is 48.3 Å². The fourth-order valence-corrected chi connectivity index (χ4v) is 3.23. The van der Waals surface area contributed by atoms with Gasteiger partial charge in [-0.25, -0.2) is 9.59 Å². The molecule has 6 nitrogen and oxygen atoms in total. The zero-order valence-electron chi connectivity index (χ0n) is 15.7. The van der Waals surface area contributed by atoms with Gasteiger partial charge in [0.05, 0.1) is 41.6 Å². The third-order valence-electron chi connectivity index (χ3n) is 4.62. The summed E-state index contributed by atoms with van der Waals surface area (Å²) < 4.78 is 44.9. The van der Waals surface area contributed by atoms with E-state index in [1.54, 1.807) is 0 Å². The lowest BCUT2D eigenvalue weighted by atomic mass is 10.1. The number of benzene rings is 2. The first kappa shape index (κ1) is 21.9. The van der Waals surface area contributed by atoms with Gasteiger partial charge in [0.15, 0.2) is 0 Å². The van der Waals surface area contributed by atoms with E-state index in [2.05, 4.69) is 0 Å². The lowest BCUT2D eigenvalue weighted by Crippen LogP contribution is -2.48. The predicted molar refractivity (Wildman–Crippen MR) is 104 cm³/mol. The lowest BCUT2D eigenvalue weighted by Gasteiger charge is -2.33. The largest absolute Gasteiger partial charge is 0.478 e. The molecule has 0 aliphatic carbocycles. The highest BCUT2D eigenvalue weighted by atomic mass is 35.5. The number of morpholine rings is 1. The number of alkyl halides is 3. The van der Waals surface area contributed by atoms with Crippen molar-refractivity contribution in [3.8, 4) is 0 Å². The Morgan fingerprint density at radius 3 is 2.30 bits per heavy atom. The standard InChI is InChI=1S/C20H18ClF3N2O4/c21-16-6-5-15(20(22,23)24)11-17(16)26(19(29)25-7-9-30-10-8-25)12-13-1-3-14(4-2-13)18(27)28/h1-6,11H,7-10,12H2,(H,27,28). The van der Waals surface area contributed by atoms with Crippen LogP contribution in [0.4, 0.5) is 23.7 Å². The van der Waals surface area contributed by atoms with Crippen LogP contribution in [0, 0.1) is 0 Å². The van der Waals surface area contributed by atoms with Gasteiger partial charge in [-0.2, -0.15) is 13.2 Å². The molecule has 0 radical (unpaired) electrons. The van der Waals surface area contributed by atoms with E-state index in [9.17, 15) is 22.8 Å². The second-order valence-electron chi connectivity index (χ2n) is 6.63. The second-order valence-corrected chi connectivity index (χ2v) is 7.04. The number of anilines is 1. The maximum absolute atomic E-state index is 13.2. The molecule has 10 heteroatoms. The van der Waals surface area contributed by atoms with Gasteiger partial charge in [-0.15, -0.1) is 0 Å². The second kappa shape index (κ2) is 8.93. The third-order valence-corrected chi connectivity index (χ3v) is 4.94. The van der Waals surface area contributed by atoms with Crippen molar-refractivity contribution in [2.24, 2.45) is 0 Å². The number of urea groups is 1. The van der Waals surface area contributed by atoms with Crippen molar-refractivity contribution in [1.82, 2.24) is 4.90 Å². The molecule has 0 atom stereocenters. The minimum absolute atomic E-state index is 0.00762. The van der Waals surface area contributed by atoms with E-state index < -0.39 is 23.7 Å². The molecular formula is C20H18ClF3N2O4. The van der Waals surface area contributed by atoms with E-state index in [0.29, 0.717) is 31.9 Å². The molecule has 0 unspecified atom stereocenters. The molecule has 1 aliphatic heterocycles. The van der Waals surface area contributed by atoms with Crippen LogP contribution in [0.5, 0.6) is 0 Å². The smallest absolute Gasteiger partial charge is 0.416 e. The van der Waals surface area contributed by atoms with Gasteiger partial charge in [-0.1, -0.05) is 23.7 Å². The minimum atomic E-state index is -4.60. The van der Waals surface area contributed by atoms with Gasteiger partial charge in [-0.05, 0) is 35.9 Å². The molecule has 1 N–H and O–H groups in total.